The Labute approximate surface area is 132 Å². The van der Waals surface area contributed by atoms with Gasteiger partial charge in [-0.25, -0.2) is 4.79 Å². The summed E-state index contributed by atoms with van der Waals surface area (Å²) >= 11 is 3.39. The average molecular weight is 348 g/mol. The van der Waals surface area contributed by atoms with Crippen molar-refractivity contribution in [1.82, 2.24) is 5.32 Å². The number of hydrogen-bond acceptors (Lipinski definition) is 2. The minimum atomic E-state index is -0.246. The van der Waals surface area contributed by atoms with E-state index in [9.17, 15) is 4.79 Å². The van der Waals surface area contributed by atoms with Crippen molar-refractivity contribution in [1.29, 1.82) is 0 Å². The highest BCUT2D eigenvalue weighted by atomic mass is 79.9. The van der Waals surface area contributed by atoms with Gasteiger partial charge >= 0.3 is 6.03 Å². The fourth-order valence-corrected chi connectivity index (χ4v) is 2.18. The van der Waals surface area contributed by atoms with Gasteiger partial charge in [0.25, 0.3) is 0 Å². The van der Waals surface area contributed by atoms with Gasteiger partial charge in [0.2, 0.25) is 0 Å². The maximum Gasteiger partial charge on any atom is 0.319 e. The van der Waals surface area contributed by atoms with Gasteiger partial charge in [-0.1, -0.05) is 34.1 Å². The molecule has 2 aromatic rings. The first-order chi connectivity index (χ1) is 10.0. The summed E-state index contributed by atoms with van der Waals surface area (Å²) in [5.41, 5.74) is 9.24. The maximum absolute atomic E-state index is 11.8. The van der Waals surface area contributed by atoms with Crippen molar-refractivity contribution >= 4 is 33.3 Å². The third kappa shape index (κ3) is 4.79. The normalized spacial score (nSPS) is 10.2. The number of rotatable bonds is 4. The fraction of sp³-hybridized carbons (Fsp3) is 0.188. The number of aryl methyl sites for hydroxylation is 1. The molecule has 0 radical (unpaired) electrons. The van der Waals surface area contributed by atoms with Crippen molar-refractivity contribution in [2.45, 2.75) is 13.3 Å². The summed E-state index contributed by atoms with van der Waals surface area (Å²) in [5, 5.41) is 5.59. The zero-order valence-electron chi connectivity index (χ0n) is 11.8. The first-order valence-electron chi connectivity index (χ1n) is 6.70. The lowest BCUT2D eigenvalue weighted by atomic mass is 10.1. The lowest BCUT2D eigenvalue weighted by Gasteiger charge is -2.10. The first-order valence-corrected chi connectivity index (χ1v) is 7.49. The van der Waals surface area contributed by atoms with E-state index in [2.05, 4.69) is 26.6 Å². The Balaban J connectivity index is 1.82. The molecule has 0 unspecified atom stereocenters. The van der Waals surface area contributed by atoms with E-state index in [1.54, 1.807) is 6.07 Å². The van der Waals surface area contributed by atoms with Gasteiger partial charge in [-0.3, -0.25) is 0 Å². The van der Waals surface area contributed by atoms with Crippen LogP contribution in [0.4, 0.5) is 16.2 Å². The van der Waals surface area contributed by atoms with Gasteiger partial charge in [0, 0.05) is 11.0 Å². The van der Waals surface area contributed by atoms with Gasteiger partial charge in [-0.15, -0.1) is 0 Å². The summed E-state index contributed by atoms with van der Waals surface area (Å²) in [5.74, 6) is 0. The summed E-state index contributed by atoms with van der Waals surface area (Å²) in [4.78, 5) is 11.8. The molecule has 4 N–H and O–H groups in total. The molecule has 0 aliphatic carbocycles. The number of nitrogens with two attached hydrogens (primary N) is 1. The highest BCUT2D eigenvalue weighted by Gasteiger charge is 2.04. The maximum atomic E-state index is 11.8. The monoisotopic (exact) mass is 347 g/mol. The number of carbonyl (C=O) groups excluding carboxylic acids is 1. The molecule has 2 aromatic carbocycles. The molecule has 110 valence electrons. The Morgan fingerprint density at radius 3 is 2.62 bits per heavy atom. The number of amides is 2. The topological polar surface area (TPSA) is 67.1 Å². The number of nitrogens with one attached hydrogen (secondary N) is 2. The Bertz CT molecular complexity index is 626. The zero-order chi connectivity index (χ0) is 15.2. The van der Waals surface area contributed by atoms with Crippen molar-refractivity contribution in [3.05, 3.63) is 58.1 Å². The number of nitrogen functional groups attached to an aromatic ring is 1. The van der Waals surface area contributed by atoms with Crippen LogP contribution in [0.25, 0.3) is 0 Å². The average Bonchev–Trinajstić information content (AvgIpc) is 2.45. The third-order valence-electron chi connectivity index (χ3n) is 3.07. The van der Waals surface area contributed by atoms with E-state index in [1.807, 2.05) is 43.3 Å². The molecule has 0 fully saturated rings. The van der Waals surface area contributed by atoms with Crippen molar-refractivity contribution < 1.29 is 4.79 Å². The second-order valence-electron chi connectivity index (χ2n) is 4.85. The molecule has 0 saturated carbocycles. The number of benzene rings is 2. The van der Waals surface area contributed by atoms with Crippen LogP contribution in [0.15, 0.2) is 46.9 Å². The number of anilines is 2. The molecular formula is C16H18BrN3O. The highest BCUT2D eigenvalue weighted by Crippen LogP contribution is 2.19. The van der Waals surface area contributed by atoms with Gasteiger partial charge in [-0.2, -0.15) is 0 Å². The van der Waals surface area contributed by atoms with E-state index in [1.165, 1.54) is 5.56 Å². The molecule has 4 nitrogen and oxygen atoms in total. The van der Waals surface area contributed by atoms with Crippen LogP contribution in [0.3, 0.4) is 0 Å². The second-order valence-corrected chi connectivity index (χ2v) is 5.76. The summed E-state index contributed by atoms with van der Waals surface area (Å²) in [6.07, 6.45) is 0.782. The van der Waals surface area contributed by atoms with Gasteiger partial charge in [0.15, 0.2) is 0 Å². The van der Waals surface area contributed by atoms with E-state index < -0.39 is 0 Å². The third-order valence-corrected chi connectivity index (χ3v) is 3.60. The lowest BCUT2D eigenvalue weighted by Crippen LogP contribution is -2.30. The van der Waals surface area contributed by atoms with Crippen LogP contribution in [0.2, 0.25) is 0 Å². The van der Waals surface area contributed by atoms with Crippen LogP contribution in [0, 0.1) is 6.92 Å². The van der Waals surface area contributed by atoms with E-state index in [0.717, 1.165) is 16.5 Å². The predicted molar refractivity (Wildman–Crippen MR) is 90.5 cm³/mol. The molecule has 21 heavy (non-hydrogen) atoms. The van der Waals surface area contributed by atoms with Gasteiger partial charge in [0.1, 0.15) is 0 Å². The molecule has 0 spiro atoms. The summed E-state index contributed by atoms with van der Waals surface area (Å²) < 4.78 is 1.05. The van der Waals surface area contributed by atoms with Crippen LogP contribution in [0.1, 0.15) is 11.1 Å². The molecule has 2 amide bonds. The zero-order valence-corrected chi connectivity index (χ0v) is 13.4. The highest BCUT2D eigenvalue weighted by molar-refractivity contribution is 9.10. The van der Waals surface area contributed by atoms with Crippen LogP contribution >= 0.6 is 15.9 Å². The molecule has 0 aliphatic heterocycles. The molecule has 5 heteroatoms. The van der Waals surface area contributed by atoms with Crippen molar-refractivity contribution in [2.24, 2.45) is 0 Å². The predicted octanol–water partition coefficient (Wildman–Crippen LogP) is 3.70. The van der Waals surface area contributed by atoms with E-state index >= 15 is 0 Å². The fourth-order valence-electron chi connectivity index (χ4n) is 1.92. The molecule has 0 aromatic heterocycles. The molecule has 0 aliphatic rings. The molecule has 0 bridgehead atoms. The minimum absolute atomic E-state index is 0.246. The van der Waals surface area contributed by atoms with Crippen LogP contribution in [0.5, 0.6) is 0 Å². The van der Waals surface area contributed by atoms with Crippen LogP contribution < -0.4 is 16.4 Å². The standard InChI is InChI=1S/C16H18BrN3O/c1-11-2-7-14(18)15(10-11)20-16(21)19-9-8-12-3-5-13(17)6-4-12/h2-7,10H,8-9,18H2,1H3,(H2,19,20,21). The lowest BCUT2D eigenvalue weighted by molar-refractivity contribution is 0.252. The largest absolute Gasteiger partial charge is 0.397 e. The first kappa shape index (κ1) is 15.4. The molecule has 0 atom stereocenters. The Hall–Kier alpha value is -2.01. The Kier molecular flexibility index (Phi) is 5.22. The Morgan fingerprint density at radius 2 is 1.90 bits per heavy atom. The van der Waals surface area contributed by atoms with E-state index in [0.29, 0.717) is 17.9 Å². The second kappa shape index (κ2) is 7.13. The van der Waals surface area contributed by atoms with Gasteiger partial charge < -0.3 is 16.4 Å². The minimum Gasteiger partial charge on any atom is -0.397 e. The van der Waals surface area contributed by atoms with Crippen molar-refractivity contribution in [2.75, 3.05) is 17.6 Å². The smallest absolute Gasteiger partial charge is 0.319 e. The summed E-state index contributed by atoms with van der Waals surface area (Å²) in [6, 6.07) is 13.3. The van der Waals surface area contributed by atoms with Crippen molar-refractivity contribution in [3.8, 4) is 0 Å². The van der Waals surface area contributed by atoms with Crippen LogP contribution in [-0.4, -0.2) is 12.6 Å². The molecule has 0 saturated heterocycles. The van der Waals surface area contributed by atoms with Gasteiger partial charge in [0.05, 0.1) is 11.4 Å². The number of urea groups is 1. The molecular weight excluding hydrogens is 330 g/mol. The SMILES string of the molecule is Cc1ccc(N)c(NC(=O)NCCc2ccc(Br)cc2)c1. The molecule has 0 heterocycles. The number of carbonyl (C=O) groups is 1. The molecule has 2 rings (SSSR count). The van der Waals surface area contributed by atoms with E-state index in [-0.39, 0.29) is 6.03 Å². The number of hydrogen-bond donors (Lipinski definition) is 3. The van der Waals surface area contributed by atoms with Crippen LogP contribution in [-0.2, 0) is 6.42 Å². The van der Waals surface area contributed by atoms with Crippen molar-refractivity contribution in [3.63, 3.8) is 0 Å². The number of halogens is 1. The summed E-state index contributed by atoms with van der Waals surface area (Å²) in [7, 11) is 0. The van der Waals surface area contributed by atoms with Gasteiger partial charge in [-0.05, 0) is 48.7 Å². The Morgan fingerprint density at radius 1 is 1.19 bits per heavy atom. The quantitative estimate of drug-likeness (QED) is 0.738. The van der Waals surface area contributed by atoms with E-state index in [4.69, 9.17) is 5.73 Å². The summed E-state index contributed by atoms with van der Waals surface area (Å²) in [6.45, 7) is 2.52.